The smallest absolute Gasteiger partial charge is 0.0776 e. The summed E-state index contributed by atoms with van der Waals surface area (Å²) in [5.74, 6) is 0. The Hall–Kier alpha value is -0.200. The Bertz CT molecular complexity index is 148. The minimum Gasteiger partial charge on any atom is -0.394 e. The highest BCUT2D eigenvalue weighted by atomic mass is 16.5. The molecule has 21 heavy (non-hydrogen) atoms. The number of hydrogen-bond donors (Lipinski definition) is 2. The largest absolute Gasteiger partial charge is 0.394 e. The molecule has 0 saturated carbocycles. The van der Waals surface area contributed by atoms with E-state index in [0.29, 0.717) is 6.61 Å². The molecule has 0 bridgehead atoms. The molecule has 0 aliphatic heterocycles. The maximum absolute atomic E-state index is 8.11. The Morgan fingerprint density at radius 1 is 0.952 bits per heavy atom. The molecule has 0 aromatic heterocycles. The van der Waals surface area contributed by atoms with Crippen molar-refractivity contribution >= 4 is 0 Å². The average molecular weight is 310 g/mol. The fraction of sp³-hybridized carbons (Fsp3) is 1.00. The third kappa shape index (κ3) is 38.3. The molecule has 0 radical (unpaired) electrons. The van der Waals surface area contributed by atoms with E-state index in [0.717, 1.165) is 13.2 Å². The predicted molar refractivity (Wildman–Crippen MR) is 87.7 cm³/mol. The molecule has 5 nitrogen and oxygen atoms in total. The highest BCUT2D eigenvalue weighted by Crippen LogP contribution is 1.91. The summed E-state index contributed by atoms with van der Waals surface area (Å²) in [5.41, 5.74) is 0. The lowest BCUT2D eigenvalue weighted by molar-refractivity contribution is 0.0401. The first-order chi connectivity index (χ1) is 9.99. The highest BCUT2D eigenvalue weighted by molar-refractivity contribution is 4.41. The number of aliphatic hydroxyl groups excluding tert-OH is 2. The van der Waals surface area contributed by atoms with Crippen molar-refractivity contribution in [2.24, 2.45) is 0 Å². The summed E-state index contributed by atoms with van der Waals surface area (Å²) in [5, 5.41) is 16.0. The van der Waals surface area contributed by atoms with Gasteiger partial charge in [-0.25, -0.2) is 0 Å². The topological polar surface area (TPSA) is 68.2 Å². The van der Waals surface area contributed by atoms with Crippen molar-refractivity contribution in [2.75, 3.05) is 40.6 Å². The highest BCUT2D eigenvalue weighted by Gasteiger charge is 1.93. The second kappa shape index (κ2) is 24.8. The van der Waals surface area contributed by atoms with Crippen LogP contribution in [0, 0.1) is 0 Å². The normalized spacial score (nSPS) is 12.6. The Balaban J connectivity index is -0.000000242. The Morgan fingerprint density at radius 3 is 1.57 bits per heavy atom. The van der Waals surface area contributed by atoms with E-state index in [4.69, 9.17) is 24.4 Å². The number of methoxy groups -OCH3 is 2. The number of hydrogen-bond acceptors (Lipinski definition) is 5. The van der Waals surface area contributed by atoms with Crippen LogP contribution in [0.2, 0.25) is 0 Å². The third-order valence-electron chi connectivity index (χ3n) is 2.35. The van der Waals surface area contributed by atoms with Crippen LogP contribution in [0.3, 0.4) is 0 Å². The lowest BCUT2D eigenvalue weighted by Gasteiger charge is -2.05. The maximum atomic E-state index is 8.11. The quantitative estimate of drug-likeness (QED) is 0.607. The van der Waals surface area contributed by atoms with Gasteiger partial charge in [-0.3, -0.25) is 0 Å². The molecule has 0 aliphatic rings. The molecule has 132 valence electrons. The molecule has 0 aromatic carbocycles. The summed E-state index contributed by atoms with van der Waals surface area (Å²) >= 11 is 0. The fourth-order valence-electron chi connectivity index (χ4n) is 0.898. The first kappa shape index (κ1) is 25.7. The molecule has 0 saturated heterocycles. The van der Waals surface area contributed by atoms with E-state index >= 15 is 0 Å². The van der Waals surface area contributed by atoms with E-state index in [1.165, 1.54) is 32.6 Å². The number of ether oxygens (including phenoxy) is 3. The zero-order valence-electron chi connectivity index (χ0n) is 14.9. The van der Waals surface area contributed by atoms with E-state index in [9.17, 15) is 0 Å². The standard InChI is InChI=1S/C8H18O.C5H12O2.C3H8O2/c1-3-5-7-9-8-6-4-2;1-5(7-3)4-6-2;1-3(5)2-4/h3-8H2,1-2H3;5H,4H2,1-3H3;3-5H,2H2,1H3. The molecule has 2 unspecified atom stereocenters. The Morgan fingerprint density at radius 2 is 1.38 bits per heavy atom. The molecule has 0 fully saturated rings. The van der Waals surface area contributed by atoms with Gasteiger partial charge in [0.25, 0.3) is 0 Å². The molecule has 2 N–H and O–H groups in total. The van der Waals surface area contributed by atoms with Gasteiger partial charge in [0.05, 0.1) is 25.4 Å². The van der Waals surface area contributed by atoms with Crippen molar-refractivity contribution in [3.05, 3.63) is 0 Å². The molecule has 0 spiro atoms. The van der Waals surface area contributed by atoms with Gasteiger partial charge in [0.2, 0.25) is 0 Å². The van der Waals surface area contributed by atoms with Crippen molar-refractivity contribution in [1.82, 2.24) is 0 Å². The molecular formula is C16H38O5. The predicted octanol–water partition coefficient (Wildman–Crippen LogP) is 2.63. The molecule has 2 atom stereocenters. The maximum Gasteiger partial charge on any atom is 0.0776 e. The molecule has 0 aliphatic carbocycles. The third-order valence-corrected chi connectivity index (χ3v) is 2.35. The summed E-state index contributed by atoms with van der Waals surface area (Å²) in [6, 6.07) is 0. The molecule has 0 aromatic rings. The monoisotopic (exact) mass is 310 g/mol. The van der Waals surface area contributed by atoms with E-state index in [2.05, 4.69) is 13.8 Å². The van der Waals surface area contributed by atoms with Gasteiger partial charge in [-0.1, -0.05) is 26.7 Å². The summed E-state index contributed by atoms with van der Waals surface area (Å²) in [6.45, 7) is 10.3. The lowest BCUT2D eigenvalue weighted by atomic mass is 10.3. The average Bonchev–Trinajstić information content (AvgIpc) is 2.48. The van der Waals surface area contributed by atoms with E-state index < -0.39 is 6.10 Å². The molecule has 0 heterocycles. The van der Waals surface area contributed by atoms with Gasteiger partial charge >= 0.3 is 0 Å². The fourth-order valence-corrected chi connectivity index (χ4v) is 0.898. The first-order valence-electron chi connectivity index (χ1n) is 7.88. The minimum atomic E-state index is -0.560. The van der Waals surface area contributed by atoms with Gasteiger partial charge < -0.3 is 24.4 Å². The van der Waals surface area contributed by atoms with E-state index in [-0.39, 0.29) is 12.7 Å². The van der Waals surface area contributed by atoms with Crippen LogP contribution in [0.4, 0.5) is 0 Å². The van der Waals surface area contributed by atoms with Crippen LogP contribution in [-0.4, -0.2) is 63.1 Å². The second-order valence-electron chi connectivity index (χ2n) is 4.85. The molecule has 0 rings (SSSR count). The summed E-state index contributed by atoms with van der Waals surface area (Å²) in [4.78, 5) is 0. The van der Waals surface area contributed by atoms with Gasteiger partial charge in [0.1, 0.15) is 0 Å². The van der Waals surface area contributed by atoms with Gasteiger partial charge in [-0.05, 0) is 26.7 Å². The number of aliphatic hydroxyl groups is 2. The zero-order valence-corrected chi connectivity index (χ0v) is 14.9. The number of unbranched alkanes of at least 4 members (excludes halogenated alkanes) is 2. The summed E-state index contributed by atoms with van der Waals surface area (Å²) in [7, 11) is 3.33. The molecule has 5 heteroatoms. The van der Waals surface area contributed by atoms with Crippen LogP contribution in [0.5, 0.6) is 0 Å². The van der Waals surface area contributed by atoms with E-state index in [1.807, 2.05) is 6.92 Å². The van der Waals surface area contributed by atoms with Crippen LogP contribution < -0.4 is 0 Å². The minimum absolute atomic E-state index is 0.139. The van der Waals surface area contributed by atoms with Crippen molar-refractivity contribution in [3.8, 4) is 0 Å². The van der Waals surface area contributed by atoms with Gasteiger partial charge in [0.15, 0.2) is 0 Å². The first-order valence-corrected chi connectivity index (χ1v) is 7.88. The number of rotatable bonds is 10. The van der Waals surface area contributed by atoms with Crippen LogP contribution in [-0.2, 0) is 14.2 Å². The SMILES string of the molecule is CC(O)CO.CCCCOCCCC.COCC(C)OC. The van der Waals surface area contributed by atoms with Crippen LogP contribution in [0.1, 0.15) is 53.4 Å². The van der Waals surface area contributed by atoms with Gasteiger partial charge in [-0.2, -0.15) is 0 Å². The van der Waals surface area contributed by atoms with Gasteiger partial charge in [0, 0.05) is 27.4 Å². The van der Waals surface area contributed by atoms with Crippen molar-refractivity contribution < 1.29 is 24.4 Å². The Kier molecular flexibility index (Phi) is 30.4. The molecular weight excluding hydrogens is 272 g/mol. The second-order valence-corrected chi connectivity index (χ2v) is 4.85. The summed E-state index contributed by atoms with van der Waals surface area (Å²) < 4.78 is 14.9. The van der Waals surface area contributed by atoms with Crippen LogP contribution >= 0.6 is 0 Å². The molecule has 0 amide bonds. The van der Waals surface area contributed by atoms with Crippen molar-refractivity contribution in [2.45, 2.75) is 65.6 Å². The summed E-state index contributed by atoms with van der Waals surface area (Å²) in [6.07, 6.45) is 4.58. The van der Waals surface area contributed by atoms with Crippen LogP contribution in [0.25, 0.3) is 0 Å². The van der Waals surface area contributed by atoms with E-state index in [1.54, 1.807) is 14.2 Å². The Labute approximate surface area is 131 Å². The van der Waals surface area contributed by atoms with Crippen molar-refractivity contribution in [1.29, 1.82) is 0 Å². The van der Waals surface area contributed by atoms with Crippen LogP contribution in [0.15, 0.2) is 0 Å². The zero-order chi connectivity index (χ0) is 16.9. The van der Waals surface area contributed by atoms with Gasteiger partial charge in [-0.15, -0.1) is 0 Å². The lowest BCUT2D eigenvalue weighted by Crippen LogP contribution is -2.11. The van der Waals surface area contributed by atoms with Crippen molar-refractivity contribution in [3.63, 3.8) is 0 Å².